The average Bonchev–Trinajstić information content (AvgIpc) is 3.38. The summed E-state index contributed by atoms with van der Waals surface area (Å²) in [6.45, 7) is 3.76. The molecule has 1 N–H and O–H groups in total. The van der Waals surface area contributed by atoms with Gasteiger partial charge in [0.05, 0.1) is 10.5 Å². The number of benzene rings is 1. The van der Waals surface area contributed by atoms with E-state index in [1.165, 1.54) is 9.87 Å². The predicted octanol–water partition coefficient (Wildman–Crippen LogP) is 3.81. The Morgan fingerprint density at radius 1 is 1.27 bits per heavy atom. The van der Waals surface area contributed by atoms with Crippen LogP contribution >= 0.6 is 23.5 Å². The van der Waals surface area contributed by atoms with Crippen LogP contribution in [0.4, 0.5) is 5.69 Å². The fraction of sp³-hybridized carbons (Fsp3) is 0.500. The summed E-state index contributed by atoms with van der Waals surface area (Å²) in [5, 5.41) is 6.76. The summed E-state index contributed by atoms with van der Waals surface area (Å²) in [6.07, 6.45) is 1.30. The number of aryl methyl sites for hydroxylation is 2. The molecule has 162 valence electrons. The lowest BCUT2D eigenvalue weighted by Crippen LogP contribution is -2.43. The molecule has 0 aliphatic carbocycles. The van der Waals surface area contributed by atoms with Gasteiger partial charge in [-0.3, -0.25) is 4.79 Å². The molecule has 0 bridgehead atoms. The third-order valence-corrected chi connectivity index (χ3v) is 10.6. The van der Waals surface area contributed by atoms with Gasteiger partial charge in [0.15, 0.2) is 5.76 Å². The van der Waals surface area contributed by atoms with Crippen LogP contribution < -0.4 is 5.32 Å². The van der Waals surface area contributed by atoms with Crippen LogP contribution in [0.1, 0.15) is 34.4 Å². The second-order valence-corrected chi connectivity index (χ2v) is 12.1. The van der Waals surface area contributed by atoms with Gasteiger partial charge >= 0.3 is 0 Å². The number of aromatic nitrogens is 1. The summed E-state index contributed by atoms with van der Waals surface area (Å²) >= 11 is 3.84. The highest BCUT2D eigenvalue weighted by atomic mass is 32.2. The Kier molecular flexibility index (Phi) is 6.47. The van der Waals surface area contributed by atoms with Crippen LogP contribution in [-0.4, -0.2) is 48.4 Å². The third-order valence-electron chi connectivity index (χ3n) is 5.37. The number of amides is 1. The maximum Gasteiger partial charge on any atom is 0.248 e. The number of carbonyl (C=O) groups is 1. The van der Waals surface area contributed by atoms with Crippen molar-refractivity contribution in [1.82, 2.24) is 9.46 Å². The fourth-order valence-corrected chi connectivity index (χ4v) is 8.56. The molecular weight excluding hydrogens is 442 g/mol. The summed E-state index contributed by atoms with van der Waals surface area (Å²) < 4.78 is 33.0. The molecule has 2 fully saturated rings. The second-order valence-electron chi connectivity index (χ2n) is 7.54. The molecule has 2 aliphatic rings. The largest absolute Gasteiger partial charge is 0.360 e. The minimum atomic E-state index is -3.75. The summed E-state index contributed by atoms with van der Waals surface area (Å²) in [5.74, 6) is 2.02. The lowest BCUT2D eigenvalue weighted by molar-refractivity contribution is -0.120. The molecule has 1 aromatic heterocycles. The van der Waals surface area contributed by atoms with E-state index >= 15 is 0 Å². The van der Waals surface area contributed by atoms with Crippen molar-refractivity contribution in [2.75, 3.05) is 29.9 Å². The molecule has 1 amide bonds. The van der Waals surface area contributed by atoms with Crippen molar-refractivity contribution in [3.63, 3.8) is 0 Å². The Morgan fingerprint density at radius 3 is 2.73 bits per heavy atom. The van der Waals surface area contributed by atoms with Crippen molar-refractivity contribution in [2.24, 2.45) is 5.92 Å². The highest BCUT2D eigenvalue weighted by molar-refractivity contribution is 8.19. The molecule has 4 rings (SSSR count). The lowest BCUT2D eigenvalue weighted by atomic mass is 9.98. The summed E-state index contributed by atoms with van der Waals surface area (Å²) in [4.78, 5) is 13.0. The number of nitrogens with zero attached hydrogens (tertiary/aromatic N) is 2. The highest BCUT2D eigenvalue weighted by Gasteiger charge is 2.36. The van der Waals surface area contributed by atoms with Crippen LogP contribution in [-0.2, 0) is 14.8 Å². The van der Waals surface area contributed by atoms with E-state index in [0.717, 1.165) is 17.2 Å². The van der Waals surface area contributed by atoms with Crippen molar-refractivity contribution in [1.29, 1.82) is 0 Å². The molecular formula is C20H25N3O4S3. The smallest absolute Gasteiger partial charge is 0.248 e. The van der Waals surface area contributed by atoms with Gasteiger partial charge in [-0.2, -0.15) is 4.31 Å². The number of thioether (sulfide) groups is 2. The van der Waals surface area contributed by atoms with Crippen molar-refractivity contribution in [3.8, 4) is 0 Å². The first-order valence-corrected chi connectivity index (χ1v) is 13.5. The molecule has 2 aliphatic heterocycles. The molecule has 1 aromatic carbocycles. The van der Waals surface area contributed by atoms with Crippen LogP contribution in [0.25, 0.3) is 0 Å². The van der Waals surface area contributed by atoms with Gasteiger partial charge in [-0.25, -0.2) is 8.42 Å². The van der Waals surface area contributed by atoms with E-state index in [2.05, 4.69) is 16.5 Å². The maximum absolute atomic E-state index is 13.1. The predicted molar refractivity (Wildman–Crippen MR) is 120 cm³/mol. The number of sulfonamides is 1. The van der Waals surface area contributed by atoms with E-state index in [1.807, 2.05) is 41.7 Å². The summed E-state index contributed by atoms with van der Waals surface area (Å²) in [5.41, 5.74) is 2.31. The van der Waals surface area contributed by atoms with Crippen LogP contribution in [0.3, 0.4) is 0 Å². The van der Waals surface area contributed by atoms with E-state index in [-0.39, 0.29) is 23.1 Å². The second kappa shape index (κ2) is 8.94. The first-order valence-electron chi connectivity index (χ1n) is 9.93. The topological polar surface area (TPSA) is 92.5 Å². The van der Waals surface area contributed by atoms with Gasteiger partial charge in [-0.15, -0.1) is 23.5 Å². The van der Waals surface area contributed by atoms with Crippen LogP contribution in [0, 0.1) is 19.8 Å². The monoisotopic (exact) mass is 467 g/mol. The van der Waals surface area contributed by atoms with Gasteiger partial charge in [0, 0.05) is 30.3 Å². The number of hydrogen-bond acceptors (Lipinski definition) is 7. The van der Waals surface area contributed by atoms with E-state index in [4.69, 9.17) is 4.52 Å². The Morgan fingerprint density at radius 2 is 2.03 bits per heavy atom. The van der Waals surface area contributed by atoms with E-state index in [0.29, 0.717) is 29.7 Å². The van der Waals surface area contributed by atoms with E-state index in [1.54, 1.807) is 13.8 Å². The number of rotatable bonds is 5. The molecule has 1 atom stereocenters. The number of carbonyl (C=O) groups excluding carboxylic acids is 1. The van der Waals surface area contributed by atoms with E-state index in [9.17, 15) is 13.2 Å². The number of hydrogen-bond donors (Lipinski definition) is 1. The molecule has 10 heteroatoms. The van der Waals surface area contributed by atoms with Gasteiger partial charge < -0.3 is 9.84 Å². The molecule has 30 heavy (non-hydrogen) atoms. The lowest BCUT2D eigenvalue weighted by Gasteiger charge is -2.31. The maximum atomic E-state index is 13.1. The van der Waals surface area contributed by atoms with Gasteiger partial charge in [-0.1, -0.05) is 17.3 Å². The van der Waals surface area contributed by atoms with Crippen LogP contribution in [0.5, 0.6) is 0 Å². The molecule has 2 saturated heterocycles. The van der Waals surface area contributed by atoms with Crippen LogP contribution in [0.2, 0.25) is 0 Å². The SMILES string of the molecule is Cc1noc(C)c1S(=O)(=O)N1CCCC(C(=O)Nc2cccc(C3SCCS3)c2)C1. The average molecular weight is 468 g/mol. The Hall–Kier alpha value is -1.49. The quantitative estimate of drug-likeness (QED) is 0.715. The van der Waals surface area contributed by atoms with E-state index < -0.39 is 15.9 Å². The number of piperidine rings is 1. The molecule has 3 heterocycles. The Labute approximate surface area is 185 Å². The first kappa shape index (κ1) is 21.7. The highest BCUT2D eigenvalue weighted by Crippen LogP contribution is 2.45. The minimum absolute atomic E-state index is 0.114. The van der Waals surface area contributed by atoms with Crippen molar-refractivity contribution in [3.05, 3.63) is 41.3 Å². The standard InChI is InChI=1S/C20H25N3O4S3/c1-13-18(14(2)27-22-13)30(25,26)23-8-4-6-16(12-23)19(24)21-17-7-3-5-15(11-17)20-28-9-10-29-20/h3,5,7,11,16,20H,4,6,8-10,12H2,1-2H3,(H,21,24). The molecule has 0 radical (unpaired) electrons. The van der Waals surface area contributed by atoms with Crippen molar-refractivity contribution < 1.29 is 17.7 Å². The number of nitrogens with one attached hydrogen (secondary N) is 1. The fourth-order valence-electron chi connectivity index (χ4n) is 3.90. The summed E-state index contributed by atoms with van der Waals surface area (Å²) in [6, 6.07) is 7.95. The first-order chi connectivity index (χ1) is 14.4. The van der Waals surface area contributed by atoms with Crippen LogP contribution in [0.15, 0.2) is 33.7 Å². The molecule has 0 saturated carbocycles. The van der Waals surface area contributed by atoms with Crippen molar-refractivity contribution >= 4 is 45.1 Å². The van der Waals surface area contributed by atoms with Gasteiger partial charge in [0.25, 0.3) is 0 Å². The summed E-state index contributed by atoms with van der Waals surface area (Å²) in [7, 11) is -3.75. The molecule has 1 unspecified atom stereocenters. The molecule has 2 aromatic rings. The third kappa shape index (κ3) is 4.42. The zero-order chi connectivity index (χ0) is 21.3. The molecule has 0 spiro atoms. The van der Waals surface area contributed by atoms with Crippen molar-refractivity contribution in [2.45, 2.75) is 36.2 Å². The molecule has 7 nitrogen and oxygen atoms in total. The van der Waals surface area contributed by atoms with Gasteiger partial charge in [0.2, 0.25) is 15.9 Å². The van der Waals surface area contributed by atoms with Gasteiger partial charge in [-0.05, 0) is 44.4 Å². The van der Waals surface area contributed by atoms with Gasteiger partial charge in [0.1, 0.15) is 10.6 Å². The zero-order valence-corrected chi connectivity index (χ0v) is 19.4. The number of anilines is 1. The minimum Gasteiger partial charge on any atom is -0.360 e. The zero-order valence-electron chi connectivity index (χ0n) is 17.0. The normalized spacial score (nSPS) is 21.1. The Bertz CT molecular complexity index is 1010. The Balaban J connectivity index is 1.46.